The van der Waals surface area contributed by atoms with Gasteiger partial charge in [-0.05, 0) is 41.3 Å². The van der Waals surface area contributed by atoms with Gasteiger partial charge in [-0.25, -0.2) is 4.79 Å². The minimum absolute atomic E-state index is 0.0103. The van der Waals surface area contributed by atoms with Crippen LogP contribution in [0.5, 0.6) is 0 Å². The molecular formula is C12H24N2O3. The van der Waals surface area contributed by atoms with E-state index in [0.29, 0.717) is 12.6 Å². The molecular weight excluding hydrogens is 220 g/mol. The van der Waals surface area contributed by atoms with E-state index in [4.69, 9.17) is 4.74 Å². The van der Waals surface area contributed by atoms with Gasteiger partial charge in [0.2, 0.25) is 0 Å². The number of likely N-dealkylation sites (tertiary alicyclic amines) is 1. The van der Waals surface area contributed by atoms with Gasteiger partial charge in [-0.15, -0.1) is 0 Å². The second-order valence-corrected chi connectivity index (χ2v) is 5.82. The zero-order valence-electron chi connectivity index (χ0n) is 11.4. The molecule has 0 unspecified atom stereocenters. The summed E-state index contributed by atoms with van der Waals surface area (Å²) in [6.45, 7) is 6.14. The van der Waals surface area contributed by atoms with Gasteiger partial charge in [0.15, 0.2) is 0 Å². The van der Waals surface area contributed by atoms with Gasteiger partial charge in [0.05, 0.1) is 12.6 Å². The molecule has 0 bridgehead atoms. The Balaban J connectivity index is 2.66. The van der Waals surface area contributed by atoms with Crippen LogP contribution in [0.1, 0.15) is 27.2 Å². The molecule has 0 aromatic carbocycles. The average Bonchev–Trinajstić information content (AvgIpc) is 2.58. The highest BCUT2D eigenvalue weighted by Gasteiger charge is 2.37. The number of aliphatic hydroxyl groups excluding tert-OH is 1. The largest absolute Gasteiger partial charge is 0.444 e. The summed E-state index contributed by atoms with van der Waals surface area (Å²) in [5, 5.41) is 9.32. The Morgan fingerprint density at radius 2 is 2.06 bits per heavy atom. The van der Waals surface area contributed by atoms with E-state index in [1.54, 1.807) is 4.90 Å². The quantitative estimate of drug-likeness (QED) is 0.785. The first-order valence-corrected chi connectivity index (χ1v) is 6.01. The van der Waals surface area contributed by atoms with Gasteiger partial charge in [-0.1, -0.05) is 0 Å². The van der Waals surface area contributed by atoms with E-state index in [-0.39, 0.29) is 18.7 Å². The highest BCUT2D eigenvalue weighted by Crippen LogP contribution is 2.23. The Morgan fingerprint density at radius 1 is 1.47 bits per heavy atom. The van der Waals surface area contributed by atoms with Crippen LogP contribution in [0.2, 0.25) is 0 Å². The summed E-state index contributed by atoms with van der Waals surface area (Å²) in [6, 6.07) is 0.164. The first-order valence-electron chi connectivity index (χ1n) is 6.01. The number of carbonyl (C=O) groups is 1. The van der Waals surface area contributed by atoms with Crippen molar-refractivity contribution in [2.45, 2.75) is 44.9 Å². The molecule has 5 nitrogen and oxygen atoms in total. The molecule has 0 aliphatic carbocycles. The van der Waals surface area contributed by atoms with E-state index >= 15 is 0 Å². The lowest BCUT2D eigenvalue weighted by atomic mass is 10.2. The number of likely N-dealkylation sites (N-methyl/N-ethyl adjacent to an activating group) is 1. The molecule has 1 aliphatic heterocycles. The lowest BCUT2D eigenvalue weighted by Crippen LogP contribution is -2.42. The highest BCUT2D eigenvalue weighted by atomic mass is 16.6. The Kier molecular flexibility index (Phi) is 4.38. The van der Waals surface area contributed by atoms with Gasteiger partial charge < -0.3 is 19.6 Å². The number of hydrogen-bond donors (Lipinski definition) is 1. The van der Waals surface area contributed by atoms with Crippen LogP contribution in [0.15, 0.2) is 0 Å². The van der Waals surface area contributed by atoms with Crippen molar-refractivity contribution in [3.05, 3.63) is 0 Å². The fraction of sp³-hybridized carbons (Fsp3) is 0.917. The zero-order chi connectivity index (χ0) is 13.2. The van der Waals surface area contributed by atoms with Crippen molar-refractivity contribution in [3.8, 4) is 0 Å². The number of ether oxygens (including phenoxy) is 1. The van der Waals surface area contributed by atoms with Crippen molar-refractivity contribution in [3.63, 3.8) is 0 Å². The number of hydrogen-bond acceptors (Lipinski definition) is 4. The molecule has 5 heteroatoms. The molecule has 0 saturated carbocycles. The molecule has 0 aromatic heterocycles. The molecule has 1 fully saturated rings. The van der Waals surface area contributed by atoms with Gasteiger partial charge in [-0.3, -0.25) is 0 Å². The highest BCUT2D eigenvalue weighted by molar-refractivity contribution is 5.69. The summed E-state index contributed by atoms with van der Waals surface area (Å²) in [5.74, 6) is 0. The fourth-order valence-corrected chi connectivity index (χ4v) is 1.98. The smallest absolute Gasteiger partial charge is 0.410 e. The van der Waals surface area contributed by atoms with Crippen LogP contribution >= 0.6 is 0 Å². The topological polar surface area (TPSA) is 53.0 Å². The lowest BCUT2D eigenvalue weighted by Gasteiger charge is -2.27. The van der Waals surface area contributed by atoms with Crippen molar-refractivity contribution < 1.29 is 14.6 Å². The normalized spacial score (nSPS) is 25.5. The van der Waals surface area contributed by atoms with Crippen LogP contribution in [0, 0.1) is 0 Å². The second-order valence-electron chi connectivity index (χ2n) is 5.82. The van der Waals surface area contributed by atoms with Crippen molar-refractivity contribution >= 4 is 6.09 Å². The number of amides is 1. The Hall–Kier alpha value is -0.810. The maximum atomic E-state index is 12.0. The molecule has 2 atom stereocenters. The van der Waals surface area contributed by atoms with E-state index < -0.39 is 5.60 Å². The SMILES string of the molecule is CN(C)[C@@H]1C[C@@H](CO)N(C(=O)OC(C)(C)C)C1. The van der Waals surface area contributed by atoms with Gasteiger partial charge in [0.1, 0.15) is 5.60 Å². The fourth-order valence-electron chi connectivity index (χ4n) is 1.98. The third-order valence-electron chi connectivity index (χ3n) is 2.96. The second kappa shape index (κ2) is 5.23. The number of aliphatic hydroxyl groups is 1. The Morgan fingerprint density at radius 3 is 2.47 bits per heavy atom. The molecule has 1 N–H and O–H groups in total. The van der Waals surface area contributed by atoms with Crippen molar-refractivity contribution in [1.29, 1.82) is 0 Å². The van der Waals surface area contributed by atoms with E-state index in [1.807, 2.05) is 34.9 Å². The van der Waals surface area contributed by atoms with Crippen LogP contribution < -0.4 is 0 Å². The van der Waals surface area contributed by atoms with Crippen LogP contribution in [0.3, 0.4) is 0 Å². The zero-order valence-corrected chi connectivity index (χ0v) is 11.4. The molecule has 0 aromatic rings. The lowest BCUT2D eigenvalue weighted by molar-refractivity contribution is 0.0170. The molecule has 17 heavy (non-hydrogen) atoms. The molecule has 1 saturated heterocycles. The average molecular weight is 244 g/mol. The van der Waals surface area contributed by atoms with E-state index in [0.717, 1.165) is 6.42 Å². The minimum Gasteiger partial charge on any atom is -0.444 e. The van der Waals surface area contributed by atoms with Crippen molar-refractivity contribution in [1.82, 2.24) is 9.80 Å². The van der Waals surface area contributed by atoms with Crippen molar-refractivity contribution in [2.75, 3.05) is 27.2 Å². The van der Waals surface area contributed by atoms with Gasteiger partial charge in [0, 0.05) is 12.6 Å². The third kappa shape index (κ3) is 3.85. The Labute approximate surface area is 103 Å². The molecule has 1 rings (SSSR count). The summed E-state index contributed by atoms with van der Waals surface area (Å²) >= 11 is 0. The summed E-state index contributed by atoms with van der Waals surface area (Å²) in [4.78, 5) is 15.7. The van der Waals surface area contributed by atoms with Gasteiger partial charge in [-0.2, -0.15) is 0 Å². The van der Waals surface area contributed by atoms with Crippen LogP contribution in [0.25, 0.3) is 0 Å². The van der Waals surface area contributed by atoms with E-state index in [9.17, 15) is 9.90 Å². The molecule has 1 amide bonds. The summed E-state index contributed by atoms with van der Waals surface area (Å²) in [5.41, 5.74) is -0.493. The maximum Gasteiger partial charge on any atom is 0.410 e. The molecule has 0 spiro atoms. The third-order valence-corrected chi connectivity index (χ3v) is 2.96. The molecule has 0 radical (unpaired) electrons. The first kappa shape index (κ1) is 14.3. The number of carbonyl (C=O) groups excluding carboxylic acids is 1. The monoisotopic (exact) mass is 244 g/mol. The van der Waals surface area contributed by atoms with Crippen LogP contribution in [-0.2, 0) is 4.74 Å². The van der Waals surface area contributed by atoms with Crippen LogP contribution in [0.4, 0.5) is 4.79 Å². The standard InChI is InChI=1S/C12H24N2O3/c1-12(2,3)17-11(16)14-7-9(13(4)5)6-10(14)8-15/h9-10,15H,6-8H2,1-5H3/t9-,10+/m1/s1. The van der Waals surface area contributed by atoms with Crippen LogP contribution in [-0.4, -0.2) is 65.9 Å². The summed E-state index contributed by atoms with van der Waals surface area (Å²) < 4.78 is 5.34. The number of rotatable bonds is 2. The van der Waals surface area contributed by atoms with Gasteiger partial charge >= 0.3 is 6.09 Å². The van der Waals surface area contributed by atoms with E-state index in [2.05, 4.69) is 4.90 Å². The molecule has 1 aliphatic rings. The maximum absolute atomic E-state index is 12.0. The van der Waals surface area contributed by atoms with Gasteiger partial charge in [0.25, 0.3) is 0 Å². The van der Waals surface area contributed by atoms with E-state index in [1.165, 1.54) is 0 Å². The summed E-state index contributed by atoms with van der Waals surface area (Å²) in [7, 11) is 3.97. The Bertz CT molecular complexity index is 273. The first-order chi connectivity index (χ1) is 7.74. The van der Waals surface area contributed by atoms with Crippen molar-refractivity contribution in [2.24, 2.45) is 0 Å². The predicted molar refractivity (Wildman–Crippen MR) is 65.9 cm³/mol. The summed E-state index contributed by atoms with van der Waals surface area (Å²) in [6.07, 6.45) is 0.462. The minimum atomic E-state index is -0.493. The molecule has 1 heterocycles. The molecule has 100 valence electrons. The number of nitrogens with zero attached hydrogens (tertiary/aromatic N) is 2. The predicted octanol–water partition coefficient (Wildman–Crippen LogP) is 0.918.